The molecular formula is C16H18OSi. The summed E-state index contributed by atoms with van der Waals surface area (Å²) in [6, 6.07) is 20.8. The van der Waals surface area contributed by atoms with E-state index in [4.69, 9.17) is 0 Å². The van der Waals surface area contributed by atoms with Crippen molar-refractivity contribution in [2.75, 3.05) is 0 Å². The molecule has 0 aliphatic rings. The van der Waals surface area contributed by atoms with E-state index >= 15 is 0 Å². The summed E-state index contributed by atoms with van der Waals surface area (Å²) >= 11 is 0. The summed E-state index contributed by atoms with van der Waals surface area (Å²) in [6.45, 7) is 4.24. The van der Waals surface area contributed by atoms with Gasteiger partial charge in [0.2, 0.25) is 9.76 Å². The molecule has 0 atom stereocenters. The Kier molecular flexibility index (Phi) is 3.99. The molecule has 0 bridgehead atoms. The van der Waals surface area contributed by atoms with Crippen molar-refractivity contribution >= 4 is 9.76 Å². The van der Waals surface area contributed by atoms with E-state index < -0.39 is 0 Å². The van der Waals surface area contributed by atoms with Crippen LogP contribution in [0.5, 0.6) is 0 Å². The molecule has 0 aromatic heterocycles. The first-order valence-corrected chi connectivity index (χ1v) is 7.11. The van der Waals surface area contributed by atoms with Gasteiger partial charge in [-0.3, -0.25) is 0 Å². The molecule has 2 heteroatoms. The Labute approximate surface area is 111 Å². The van der Waals surface area contributed by atoms with E-state index in [-0.39, 0.29) is 20.7 Å². The van der Waals surface area contributed by atoms with Crippen LogP contribution in [0.3, 0.4) is 0 Å². The van der Waals surface area contributed by atoms with E-state index in [0.717, 1.165) is 0 Å². The van der Waals surface area contributed by atoms with E-state index in [0.29, 0.717) is 0 Å². The molecule has 1 N–H and O–H groups in total. The molecule has 0 fully saturated rings. The molecule has 2 aromatic rings. The van der Waals surface area contributed by atoms with Crippen molar-refractivity contribution in [2.45, 2.75) is 24.8 Å². The van der Waals surface area contributed by atoms with Gasteiger partial charge in [-0.05, 0) is 16.2 Å². The van der Waals surface area contributed by atoms with Crippen molar-refractivity contribution in [2.24, 2.45) is 0 Å². The minimum absolute atomic E-state index is 0.0841. The van der Waals surface area contributed by atoms with Gasteiger partial charge in [-0.15, -0.1) is 0 Å². The molecule has 0 saturated heterocycles. The van der Waals surface area contributed by atoms with Gasteiger partial charge in [0, 0.05) is 5.92 Å². The summed E-state index contributed by atoms with van der Waals surface area (Å²) in [6.07, 6.45) is 0. The van der Waals surface area contributed by atoms with Gasteiger partial charge in [0.1, 0.15) is 0 Å². The number of rotatable bonds is 4. The lowest BCUT2D eigenvalue weighted by Gasteiger charge is -2.32. The third kappa shape index (κ3) is 2.71. The highest BCUT2D eigenvalue weighted by molar-refractivity contribution is 6.30. The molecule has 2 rings (SSSR count). The zero-order chi connectivity index (χ0) is 13.0. The standard InChI is InChI=1S/C16H18OSi/c1-16(2,18-17)15(13-9-5-3-6-10-13)14-11-7-4-8-12-14/h3-12,15,17H,1-2H3. The quantitative estimate of drug-likeness (QED) is 0.826. The predicted octanol–water partition coefficient (Wildman–Crippen LogP) is 3.63. The van der Waals surface area contributed by atoms with Crippen molar-refractivity contribution < 1.29 is 4.80 Å². The normalized spacial score (nSPS) is 11.8. The maximum absolute atomic E-state index is 9.71. The summed E-state index contributed by atoms with van der Waals surface area (Å²) in [7, 11) is -0.0841. The first kappa shape index (κ1) is 13.1. The fourth-order valence-corrected chi connectivity index (χ4v) is 2.84. The van der Waals surface area contributed by atoms with Gasteiger partial charge in [-0.2, -0.15) is 0 Å². The van der Waals surface area contributed by atoms with Gasteiger partial charge in [-0.25, -0.2) is 0 Å². The third-order valence-electron chi connectivity index (χ3n) is 3.28. The monoisotopic (exact) mass is 254 g/mol. The van der Waals surface area contributed by atoms with Crippen molar-refractivity contribution in [3.05, 3.63) is 71.8 Å². The Morgan fingerprint density at radius 2 is 1.22 bits per heavy atom. The van der Waals surface area contributed by atoms with Gasteiger partial charge in [0.25, 0.3) is 0 Å². The Morgan fingerprint density at radius 3 is 1.56 bits per heavy atom. The van der Waals surface area contributed by atoms with Crippen LogP contribution in [0.15, 0.2) is 60.7 Å². The fraction of sp³-hybridized carbons (Fsp3) is 0.250. The van der Waals surface area contributed by atoms with Gasteiger partial charge in [0.05, 0.1) is 0 Å². The van der Waals surface area contributed by atoms with Crippen LogP contribution in [0.1, 0.15) is 30.9 Å². The Morgan fingerprint density at radius 1 is 0.833 bits per heavy atom. The van der Waals surface area contributed by atoms with Gasteiger partial charge >= 0.3 is 0 Å². The highest BCUT2D eigenvalue weighted by Crippen LogP contribution is 2.44. The summed E-state index contributed by atoms with van der Waals surface area (Å²) < 4.78 is 0. The SMILES string of the molecule is CC(C)([Si]O)C(c1ccccc1)c1ccccc1. The molecule has 92 valence electrons. The first-order chi connectivity index (χ1) is 8.65. The number of hydrogen-bond donors (Lipinski definition) is 1. The summed E-state index contributed by atoms with van der Waals surface area (Å²) in [5.74, 6) is 0.225. The molecule has 0 aliphatic heterocycles. The summed E-state index contributed by atoms with van der Waals surface area (Å²) in [5, 5.41) is -0.150. The molecule has 0 saturated carbocycles. The van der Waals surface area contributed by atoms with Crippen LogP contribution in [0.2, 0.25) is 5.04 Å². The minimum atomic E-state index is -0.150. The third-order valence-corrected chi connectivity index (χ3v) is 4.14. The molecule has 1 nitrogen and oxygen atoms in total. The van der Waals surface area contributed by atoms with E-state index in [1.165, 1.54) is 11.1 Å². The van der Waals surface area contributed by atoms with Crippen LogP contribution in [0, 0.1) is 0 Å². The van der Waals surface area contributed by atoms with E-state index in [2.05, 4.69) is 62.4 Å². The van der Waals surface area contributed by atoms with E-state index in [1.807, 2.05) is 12.1 Å². The van der Waals surface area contributed by atoms with Crippen LogP contribution < -0.4 is 0 Å². The summed E-state index contributed by atoms with van der Waals surface area (Å²) in [4.78, 5) is 9.71. The van der Waals surface area contributed by atoms with Crippen LogP contribution in [-0.2, 0) is 0 Å². The predicted molar refractivity (Wildman–Crippen MR) is 76.7 cm³/mol. The number of hydrogen-bond acceptors (Lipinski definition) is 1. The molecule has 0 amide bonds. The minimum Gasteiger partial charge on any atom is -0.431 e. The van der Waals surface area contributed by atoms with E-state index in [9.17, 15) is 4.80 Å². The molecule has 0 spiro atoms. The Hall–Kier alpha value is -1.38. The molecule has 0 unspecified atom stereocenters. The zero-order valence-corrected chi connectivity index (χ0v) is 11.8. The molecular weight excluding hydrogens is 236 g/mol. The second kappa shape index (κ2) is 5.51. The van der Waals surface area contributed by atoms with Crippen LogP contribution in [0.25, 0.3) is 0 Å². The van der Waals surface area contributed by atoms with E-state index in [1.54, 1.807) is 0 Å². The average molecular weight is 254 g/mol. The number of benzene rings is 2. The van der Waals surface area contributed by atoms with Crippen molar-refractivity contribution in [3.8, 4) is 0 Å². The molecule has 0 aliphatic carbocycles. The Bertz CT molecular complexity index is 439. The van der Waals surface area contributed by atoms with Crippen molar-refractivity contribution in [3.63, 3.8) is 0 Å². The largest absolute Gasteiger partial charge is 0.431 e. The van der Waals surface area contributed by atoms with Crippen LogP contribution >= 0.6 is 0 Å². The maximum atomic E-state index is 9.71. The van der Waals surface area contributed by atoms with Gasteiger partial charge in [0.15, 0.2) is 0 Å². The lowest BCUT2D eigenvalue weighted by atomic mass is 9.82. The van der Waals surface area contributed by atoms with Crippen molar-refractivity contribution in [1.29, 1.82) is 0 Å². The second-order valence-corrected chi connectivity index (χ2v) is 6.60. The Balaban J connectivity index is 2.49. The zero-order valence-electron chi connectivity index (χ0n) is 10.8. The maximum Gasteiger partial charge on any atom is 0.231 e. The molecule has 0 heterocycles. The first-order valence-electron chi connectivity index (χ1n) is 6.16. The topological polar surface area (TPSA) is 20.2 Å². The van der Waals surface area contributed by atoms with Gasteiger partial charge < -0.3 is 4.80 Å². The van der Waals surface area contributed by atoms with Crippen molar-refractivity contribution in [1.82, 2.24) is 0 Å². The van der Waals surface area contributed by atoms with Crippen LogP contribution in [0.4, 0.5) is 0 Å². The molecule has 2 radical (unpaired) electrons. The van der Waals surface area contributed by atoms with Crippen LogP contribution in [-0.4, -0.2) is 14.6 Å². The lowest BCUT2D eigenvalue weighted by Crippen LogP contribution is -2.23. The molecule has 2 aromatic carbocycles. The average Bonchev–Trinajstić information content (AvgIpc) is 2.41. The fourth-order valence-electron chi connectivity index (χ4n) is 2.38. The summed E-state index contributed by atoms with van der Waals surface area (Å²) in [5.41, 5.74) is 2.52. The second-order valence-electron chi connectivity index (χ2n) is 5.09. The lowest BCUT2D eigenvalue weighted by molar-refractivity contribution is 0.489. The molecule has 18 heavy (non-hydrogen) atoms. The smallest absolute Gasteiger partial charge is 0.231 e. The highest BCUT2D eigenvalue weighted by Gasteiger charge is 2.32. The van der Waals surface area contributed by atoms with Gasteiger partial charge in [-0.1, -0.05) is 74.5 Å². The highest BCUT2D eigenvalue weighted by atomic mass is 28.2.